The van der Waals surface area contributed by atoms with Gasteiger partial charge in [0.25, 0.3) is 0 Å². The van der Waals surface area contributed by atoms with E-state index in [1.54, 1.807) is 19.2 Å². The van der Waals surface area contributed by atoms with Crippen molar-refractivity contribution in [1.82, 2.24) is 15.0 Å². The van der Waals surface area contributed by atoms with E-state index in [4.69, 9.17) is 10.5 Å². The lowest BCUT2D eigenvalue weighted by atomic mass is 10.1. The number of aromatic nitrogens is 3. The van der Waals surface area contributed by atoms with E-state index in [0.29, 0.717) is 22.9 Å². The number of nitrogens with zero attached hydrogens (tertiary/aromatic N) is 3. The summed E-state index contributed by atoms with van der Waals surface area (Å²) in [7, 11) is 1.58. The Hall–Kier alpha value is -2.89. The van der Waals surface area contributed by atoms with E-state index >= 15 is 0 Å². The van der Waals surface area contributed by atoms with Crippen LogP contribution in [0.2, 0.25) is 0 Å². The van der Waals surface area contributed by atoms with E-state index in [9.17, 15) is 4.39 Å². The van der Waals surface area contributed by atoms with Crippen molar-refractivity contribution >= 4 is 5.82 Å². The van der Waals surface area contributed by atoms with Crippen molar-refractivity contribution in [1.29, 1.82) is 0 Å². The SMILES string of the molecule is COc1ccccc1-c1nnn(-c2cccc(F)c2)c1N. The Morgan fingerprint density at radius 1 is 1.14 bits per heavy atom. The molecule has 0 saturated carbocycles. The maximum absolute atomic E-state index is 13.3. The number of nitrogen functional groups attached to an aromatic ring is 1. The molecular weight excluding hydrogens is 271 g/mol. The zero-order chi connectivity index (χ0) is 14.8. The monoisotopic (exact) mass is 284 g/mol. The molecule has 0 atom stereocenters. The smallest absolute Gasteiger partial charge is 0.156 e. The second-order valence-electron chi connectivity index (χ2n) is 4.42. The molecule has 2 aromatic carbocycles. The van der Waals surface area contributed by atoms with Crippen molar-refractivity contribution in [3.8, 4) is 22.7 Å². The highest BCUT2D eigenvalue weighted by molar-refractivity contribution is 5.75. The minimum Gasteiger partial charge on any atom is -0.496 e. The van der Waals surface area contributed by atoms with E-state index in [1.807, 2.05) is 24.3 Å². The van der Waals surface area contributed by atoms with Crippen LogP contribution < -0.4 is 10.5 Å². The van der Waals surface area contributed by atoms with Crippen molar-refractivity contribution in [2.75, 3.05) is 12.8 Å². The van der Waals surface area contributed by atoms with Crippen molar-refractivity contribution in [3.63, 3.8) is 0 Å². The molecular formula is C15H13FN4O. The quantitative estimate of drug-likeness (QED) is 0.803. The first-order chi connectivity index (χ1) is 10.2. The van der Waals surface area contributed by atoms with Gasteiger partial charge < -0.3 is 10.5 Å². The van der Waals surface area contributed by atoms with Gasteiger partial charge in [0.15, 0.2) is 5.82 Å². The number of benzene rings is 2. The Balaban J connectivity index is 2.11. The fraction of sp³-hybridized carbons (Fsp3) is 0.0667. The maximum atomic E-state index is 13.3. The topological polar surface area (TPSA) is 66.0 Å². The van der Waals surface area contributed by atoms with Crippen LogP contribution in [0.1, 0.15) is 0 Å². The third-order valence-electron chi connectivity index (χ3n) is 3.12. The molecule has 0 aliphatic carbocycles. The molecule has 0 bridgehead atoms. The van der Waals surface area contributed by atoms with Crippen molar-refractivity contribution < 1.29 is 9.13 Å². The van der Waals surface area contributed by atoms with Gasteiger partial charge in [-0.05, 0) is 30.3 Å². The summed E-state index contributed by atoms with van der Waals surface area (Å²) in [5, 5.41) is 8.08. The number of para-hydroxylation sites is 1. The van der Waals surface area contributed by atoms with Gasteiger partial charge in [-0.3, -0.25) is 0 Å². The summed E-state index contributed by atoms with van der Waals surface area (Å²) >= 11 is 0. The number of halogens is 1. The number of hydrogen-bond acceptors (Lipinski definition) is 4. The third kappa shape index (κ3) is 2.31. The molecule has 0 aliphatic heterocycles. The molecule has 2 N–H and O–H groups in total. The molecule has 21 heavy (non-hydrogen) atoms. The summed E-state index contributed by atoms with van der Waals surface area (Å²) in [6.45, 7) is 0. The molecule has 106 valence electrons. The second-order valence-corrected chi connectivity index (χ2v) is 4.42. The highest BCUT2D eigenvalue weighted by Gasteiger charge is 2.16. The molecule has 1 heterocycles. The Morgan fingerprint density at radius 2 is 1.95 bits per heavy atom. The summed E-state index contributed by atoms with van der Waals surface area (Å²) in [6.07, 6.45) is 0. The first-order valence-corrected chi connectivity index (χ1v) is 6.31. The zero-order valence-electron chi connectivity index (χ0n) is 11.3. The van der Waals surface area contributed by atoms with Crippen LogP contribution in [0.3, 0.4) is 0 Å². The molecule has 0 fully saturated rings. The van der Waals surface area contributed by atoms with Gasteiger partial charge in [0.2, 0.25) is 0 Å². The van der Waals surface area contributed by atoms with Crippen LogP contribution in [0.15, 0.2) is 48.5 Å². The van der Waals surface area contributed by atoms with E-state index in [0.717, 1.165) is 5.56 Å². The average molecular weight is 284 g/mol. The van der Waals surface area contributed by atoms with Crippen LogP contribution in [0.5, 0.6) is 5.75 Å². The molecule has 0 spiro atoms. The van der Waals surface area contributed by atoms with Gasteiger partial charge in [-0.25, -0.2) is 4.39 Å². The predicted octanol–water partition coefficient (Wildman–Crippen LogP) is 2.66. The molecule has 3 aromatic rings. The predicted molar refractivity (Wildman–Crippen MR) is 77.7 cm³/mol. The number of rotatable bonds is 3. The maximum Gasteiger partial charge on any atom is 0.156 e. The summed E-state index contributed by atoms with van der Waals surface area (Å²) in [5.74, 6) is 0.613. The Morgan fingerprint density at radius 3 is 2.71 bits per heavy atom. The zero-order valence-corrected chi connectivity index (χ0v) is 11.3. The molecule has 0 radical (unpaired) electrons. The first kappa shape index (κ1) is 13.1. The number of hydrogen-bond donors (Lipinski definition) is 1. The third-order valence-corrected chi connectivity index (χ3v) is 3.12. The van der Waals surface area contributed by atoms with E-state index < -0.39 is 0 Å². The lowest BCUT2D eigenvalue weighted by Crippen LogP contribution is -2.02. The van der Waals surface area contributed by atoms with Crippen molar-refractivity contribution in [3.05, 3.63) is 54.3 Å². The summed E-state index contributed by atoms with van der Waals surface area (Å²) in [5.41, 5.74) is 7.85. The Bertz CT molecular complexity index is 785. The minimum atomic E-state index is -0.360. The standard InChI is InChI=1S/C15H13FN4O/c1-21-13-8-3-2-7-12(13)14-15(17)20(19-18-14)11-6-4-5-10(16)9-11/h2-9H,17H2,1H3. The van der Waals surface area contributed by atoms with Gasteiger partial charge >= 0.3 is 0 Å². The highest BCUT2D eigenvalue weighted by atomic mass is 19.1. The van der Waals surface area contributed by atoms with Crippen LogP contribution in [0.4, 0.5) is 10.2 Å². The Kier molecular flexibility index (Phi) is 3.27. The summed E-state index contributed by atoms with van der Waals surface area (Å²) in [6, 6.07) is 13.4. The van der Waals surface area contributed by atoms with E-state index in [1.165, 1.54) is 16.8 Å². The number of methoxy groups -OCH3 is 1. The van der Waals surface area contributed by atoms with Gasteiger partial charge in [-0.1, -0.05) is 23.4 Å². The van der Waals surface area contributed by atoms with Crippen LogP contribution in [0.25, 0.3) is 16.9 Å². The lowest BCUT2D eigenvalue weighted by molar-refractivity contribution is 0.416. The highest BCUT2D eigenvalue weighted by Crippen LogP contribution is 2.32. The molecule has 0 aliphatic rings. The van der Waals surface area contributed by atoms with Gasteiger partial charge in [0, 0.05) is 5.56 Å². The van der Waals surface area contributed by atoms with Crippen LogP contribution in [0, 0.1) is 5.82 Å². The lowest BCUT2D eigenvalue weighted by Gasteiger charge is -2.07. The van der Waals surface area contributed by atoms with Crippen molar-refractivity contribution in [2.45, 2.75) is 0 Å². The fourth-order valence-corrected chi connectivity index (χ4v) is 2.12. The number of nitrogens with two attached hydrogens (primary N) is 1. The summed E-state index contributed by atoms with van der Waals surface area (Å²) < 4.78 is 20.0. The van der Waals surface area contributed by atoms with Gasteiger partial charge in [-0.2, -0.15) is 4.68 Å². The second kappa shape index (κ2) is 5.24. The van der Waals surface area contributed by atoms with E-state index in [-0.39, 0.29) is 5.82 Å². The van der Waals surface area contributed by atoms with Crippen LogP contribution >= 0.6 is 0 Å². The first-order valence-electron chi connectivity index (χ1n) is 6.31. The molecule has 0 saturated heterocycles. The molecule has 6 heteroatoms. The molecule has 5 nitrogen and oxygen atoms in total. The molecule has 3 rings (SSSR count). The van der Waals surface area contributed by atoms with Crippen LogP contribution in [-0.4, -0.2) is 22.1 Å². The van der Waals surface area contributed by atoms with Crippen LogP contribution in [-0.2, 0) is 0 Å². The van der Waals surface area contributed by atoms with E-state index in [2.05, 4.69) is 10.3 Å². The van der Waals surface area contributed by atoms with Gasteiger partial charge in [0.1, 0.15) is 17.3 Å². The van der Waals surface area contributed by atoms with Gasteiger partial charge in [0.05, 0.1) is 12.8 Å². The molecule has 0 unspecified atom stereocenters. The molecule has 0 amide bonds. The summed E-state index contributed by atoms with van der Waals surface area (Å²) in [4.78, 5) is 0. The molecule has 1 aromatic heterocycles. The normalized spacial score (nSPS) is 10.6. The number of anilines is 1. The largest absolute Gasteiger partial charge is 0.496 e. The average Bonchev–Trinajstić information content (AvgIpc) is 2.89. The van der Waals surface area contributed by atoms with Crippen molar-refractivity contribution in [2.24, 2.45) is 0 Å². The Labute approximate surface area is 120 Å². The fourth-order valence-electron chi connectivity index (χ4n) is 2.12. The van der Waals surface area contributed by atoms with Gasteiger partial charge in [-0.15, -0.1) is 5.10 Å². The number of ether oxygens (including phenoxy) is 1. The minimum absolute atomic E-state index is 0.324.